The van der Waals surface area contributed by atoms with Crippen LogP contribution in [0.3, 0.4) is 0 Å². The number of nitro benzene ring substituents is 1. The number of nitrogens with two attached hydrogens (primary N) is 1. The van der Waals surface area contributed by atoms with Crippen LogP contribution in [0.25, 0.3) is 11.4 Å². The van der Waals surface area contributed by atoms with Crippen molar-refractivity contribution in [2.75, 3.05) is 6.54 Å². The molecule has 100 valence electrons. The number of para-hydroxylation sites is 1. The molecule has 2 rings (SSSR count). The molecule has 2 N–H and O–H groups in total. The van der Waals surface area contributed by atoms with Crippen LogP contribution < -0.4 is 5.73 Å². The zero-order chi connectivity index (χ0) is 13.8. The summed E-state index contributed by atoms with van der Waals surface area (Å²) in [7, 11) is 0. The number of nitrogens with zero attached hydrogens (tertiary/aromatic N) is 3. The van der Waals surface area contributed by atoms with E-state index in [2.05, 4.69) is 10.1 Å². The van der Waals surface area contributed by atoms with Gasteiger partial charge in [-0.25, -0.2) is 0 Å². The zero-order valence-corrected chi connectivity index (χ0v) is 10.4. The number of hydrogen-bond acceptors (Lipinski definition) is 6. The third-order valence-corrected chi connectivity index (χ3v) is 2.91. The first-order valence-corrected chi connectivity index (χ1v) is 5.94. The molecule has 0 aliphatic rings. The average molecular weight is 262 g/mol. The van der Waals surface area contributed by atoms with E-state index in [4.69, 9.17) is 10.3 Å². The Hall–Kier alpha value is -2.28. The van der Waals surface area contributed by atoms with Crippen LogP contribution in [0.5, 0.6) is 0 Å². The first kappa shape index (κ1) is 13.2. The van der Waals surface area contributed by atoms with Gasteiger partial charge in [-0.2, -0.15) is 4.98 Å². The smallest absolute Gasteiger partial charge is 0.280 e. The lowest BCUT2D eigenvalue weighted by atomic mass is 10.1. The molecule has 1 aromatic carbocycles. The van der Waals surface area contributed by atoms with E-state index >= 15 is 0 Å². The molecule has 7 heteroatoms. The van der Waals surface area contributed by atoms with Crippen LogP contribution >= 0.6 is 0 Å². The van der Waals surface area contributed by atoms with Crippen molar-refractivity contribution in [3.05, 3.63) is 40.3 Å². The first-order valence-electron chi connectivity index (χ1n) is 5.94. The summed E-state index contributed by atoms with van der Waals surface area (Å²) in [5, 5.41) is 14.7. The van der Waals surface area contributed by atoms with Crippen LogP contribution in [0.15, 0.2) is 28.8 Å². The van der Waals surface area contributed by atoms with Crippen molar-refractivity contribution in [1.82, 2.24) is 10.1 Å². The predicted octanol–water partition coefficient (Wildman–Crippen LogP) is 2.10. The molecular formula is C12H14N4O3. The third kappa shape index (κ3) is 2.60. The number of aromatic nitrogens is 2. The molecule has 1 unspecified atom stereocenters. The van der Waals surface area contributed by atoms with Crippen molar-refractivity contribution in [3.8, 4) is 11.4 Å². The van der Waals surface area contributed by atoms with Crippen molar-refractivity contribution in [2.24, 2.45) is 5.73 Å². The molecule has 19 heavy (non-hydrogen) atoms. The molecule has 0 spiro atoms. The van der Waals surface area contributed by atoms with Crippen molar-refractivity contribution in [2.45, 2.75) is 19.3 Å². The van der Waals surface area contributed by atoms with Crippen LogP contribution in [-0.4, -0.2) is 21.6 Å². The van der Waals surface area contributed by atoms with Gasteiger partial charge in [-0.05, 0) is 12.5 Å². The molecule has 1 atom stereocenters. The Bertz CT molecular complexity index is 578. The molecule has 0 saturated heterocycles. The number of nitro groups is 1. The Morgan fingerprint density at radius 2 is 2.21 bits per heavy atom. The molecule has 1 aromatic heterocycles. The van der Waals surface area contributed by atoms with Gasteiger partial charge in [-0.1, -0.05) is 24.2 Å². The van der Waals surface area contributed by atoms with Crippen LogP contribution in [0.1, 0.15) is 25.2 Å². The highest BCUT2D eigenvalue weighted by molar-refractivity contribution is 5.67. The summed E-state index contributed by atoms with van der Waals surface area (Å²) < 4.78 is 5.13. The average Bonchev–Trinajstić information content (AvgIpc) is 2.89. The molecule has 0 amide bonds. The van der Waals surface area contributed by atoms with E-state index in [0.29, 0.717) is 18.0 Å². The lowest BCUT2D eigenvalue weighted by Crippen LogP contribution is -2.11. The highest BCUT2D eigenvalue weighted by Crippen LogP contribution is 2.28. The normalized spacial score (nSPS) is 12.3. The fourth-order valence-electron chi connectivity index (χ4n) is 1.77. The first-order chi connectivity index (χ1) is 9.17. The molecule has 0 fully saturated rings. The van der Waals surface area contributed by atoms with Gasteiger partial charge in [0.25, 0.3) is 5.69 Å². The van der Waals surface area contributed by atoms with Gasteiger partial charge in [-0.3, -0.25) is 10.1 Å². The Labute approximate surface area is 109 Å². The molecule has 0 aliphatic heterocycles. The van der Waals surface area contributed by atoms with E-state index in [1.54, 1.807) is 18.2 Å². The van der Waals surface area contributed by atoms with E-state index in [1.165, 1.54) is 6.07 Å². The zero-order valence-electron chi connectivity index (χ0n) is 10.4. The minimum absolute atomic E-state index is 0.0241. The van der Waals surface area contributed by atoms with Crippen molar-refractivity contribution in [1.29, 1.82) is 0 Å². The third-order valence-electron chi connectivity index (χ3n) is 2.91. The van der Waals surface area contributed by atoms with Crippen LogP contribution in [0.4, 0.5) is 5.69 Å². The fraction of sp³-hybridized carbons (Fsp3) is 0.333. The molecule has 1 heterocycles. The standard InChI is InChI=1S/C12H14N4O3/c1-2-8(7-13)12-14-11(15-19-12)9-5-3-4-6-10(9)16(17)18/h3-6,8H,2,7,13H2,1H3. The van der Waals surface area contributed by atoms with Gasteiger partial charge in [0.1, 0.15) is 5.56 Å². The lowest BCUT2D eigenvalue weighted by Gasteiger charge is -2.04. The molecule has 0 saturated carbocycles. The quantitative estimate of drug-likeness (QED) is 0.652. The topological polar surface area (TPSA) is 108 Å². The Morgan fingerprint density at radius 1 is 1.47 bits per heavy atom. The van der Waals surface area contributed by atoms with Crippen LogP contribution in [0, 0.1) is 10.1 Å². The van der Waals surface area contributed by atoms with E-state index in [0.717, 1.165) is 6.42 Å². The summed E-state index contributed by atoms with van der Waals surface area (Å²) in [5.74, 6) is 0.608. The monoisotopic (exact) mass is 262 g/mol. The Morgan fingerprint density at radius 3 is 2.84 bits per heavy atom. The van der Waals surface area contributed by atoms with E-state index in [-0.39, 0.29) is 17.4 Å². The van der Waals surface area contributed by atoms with Crippen molar-refractivity contribution in [3.63, 3.8) is 0 Å². The highest BCUT2D eigenvalue weighted by Gasteiger charge is 2.21. The Balaban J connectivity index is 2.41. The van der Waals surface area contributed by atoms with Gasteiger partial charge in [-0.15, -0.1) is 0 Å². The maximum Gasteiger partial charge on any atom is 0.280 e. The molecule has 0 bridgehead atoms. The number of rotatable bonds is 5. The largest absolute Gasteiger partial charge is 0.339 e. The maximum absolute atomic E-state index is 10.9. The second-order valence-corrected chi connectivity index (χ2v) is 4.07. The summed E-state index contributed by atoms with van der Waals surface area (Å²) in [5.41, 5.74) is 5.90. The van der Waals surface area contributed by atoms with Crippen LogP contribution in [-0.2, 0) is 0 Å². The van der Waals surface area contributed by atoms with Gasteiger partial charge in [0.2, 0.25) is 11.7 Å². The maximum atomic E-state index is 10.9. The van der Waals surface area contributed by atoms with Crippen molar-refractivity contribution >= 4 is 5.69 Å². The molecule has 0 aliphatic carbocycles. The summed E-state index contributed by atoms with van der Waals surface area (Å²) in [6, 6.07) is 6.29. The van der Waals surface area contributed by atoms with Crippen LogP contribution in [0.2, 0.25) is 0 Å². The minimum atomic E-state index is -0.467. The number of hydrogen-bond donors (Lipinski definition) is 1. The van der Waals surface area contributed by atoms with Gasteiger partial charge in [0.05, 0.1) is 10.8 Å². The fourth-order valence-corrected chi connectivity index (χ4v) is 1.77. The molecular weight excluding hydrogens is 248 g/mol. The van der Waals surface area contributed by atoms with E-state index in [1.807, 2.05) is 6.92 Å². The SMILES string of the molecule is CCC(CN)c1nc(-c2ccccc2[N+](=O)[O-])no1. The van der Waals surface area contributed by atoms with E-state index < -0.39 is 4.92 Å². The molecule has 0 radical (unpaired) electrons. The second kappa shape index (κ2) is 5.57. The van der Waals surface area contributed by atoms with Gasteiger partial charge < -0.3 is 10.3 Å². The Kier molecular flexibility index (Phi) is 3.86. The molecule has 2 aromatic rings. The summed E-state index contributed by atoms with van der Waals surface area (Å²) in [6.07, 6.45) is 0.773. The van der Waals surface area contributed by atoms with Gasteiger partial charge >= 0.3 is 0 Å². The van der Waals surface area contributed by atoms with Gasteiger partial charge in [0, 0.05) is 12.6 Å². The van der Waals surface area contributed by atoms with Gasteiger partial charge in [0.15, 0.2) is 0 Å². The minimum Gasteiger partial charge on any atom is -0.339 e. The summed E-state index contributed by atoms with van der Waals surface area (Å²) in [6.45, 7) is 2.36. The van der Waals surface area contributed by atoms with E-state index in [9.17, 15) is 10.1 Å². The predicted molar refractivity (Wildman–Crippen MR) is 68.5 cm³/mol. The lowest BCUT2D eigenvalue weighted by molar-refractivity contribution is -0.384. The summed E-state index contributed by atoms with van der Waals surface area (Å²) in [4.78, 5) is 14.7. The second-order valence-electron chi connectivity index (χ2n) is 4.07. The number of benzene rings is 1. The summed E-state index contributed by atoms with van der Waals surface area (Å²) >= 11 is 0. The molecule has 7 nitrogen and oxygen atoms in total. The highest BCUT2D eigenvalue weighted by atomic mass is 16.6. The van der Waals surface area contributed by atoms with Crippen molar-refractivity contribution < 1.29 is 9.45 Å².